The molecule has 3 nitrogen and oxygen atoms in total. The van der Waals surface area contributed by atoms with Crippen molar-refractivity contribution in [3.8, 4) is 0 Å². The van der Waals surface area contributed by atoms with Gasteiger partial charge in [-0.15, -0.1) is 0 Å². The summed E-state index contributed by atoms with van der Waals surface area (Å²) in [6.07, 6.45) is 0.499. The Morgan fingerprint density at radius 1 is 1.31 bits per heavy atom. The van der Waals surface area contributed by atoms with E-state index in [1.54, 1.807) is 0 Å². The smallest absolute Gasteiger partial charge is 0.0824 e. The number of hydrogen-bond donors (Lipinski definition) is 1. The van der Waals surface area contributed by atoms with E-state index in [1.165, 1.54) is 24.6 Å². The number of rotatable bonds is 4. The zero-order chi connectivity index (χ0) is 8.93. The van der Waals surface area contributed by atoms with Crippen LogP contribution in [0.1, 0.15) is 0 Å². The number of thioether (sulfide) groups is 1. The monoisotopic (exact) mass is 202 g/mol. The fourth-order valence-corrected chi connectivity index (χ4v) is 2.53. The van der Waals surface area contributed by atoms with E-state index in [-0.39, 0.29) is 0 Å². The van der Waals surface area contributed by atoms with E-state index in [0.29, 0.717) is 6.10 Å². The van der Waals surface area contributed by atoms with Gasteiger partial charge in [-0.25, -0.2) is 0 Å². The largest absolute Gasteiger partial charge is 0.374 e. The first kappa shape index (κ1) is 9.77. The Hall–Kier alpha value is 0.230. The molecule has 0 aliphatic carbocycles. The van der Waals surface area contributed by atoms with E-state index < -0.39 is 0 Å². The molecular formula is C9H18N2OS. The lowest BCUT2D eigenvalue weighted by Gasteiger charge is -2.30. The minimum Gasteiger partial charge on any atom is -0.374 e. The van der Waals surface area contributed by atoms with E-state index in [1.807, 2.05) is 0 Å². The fraction of sp³-hybridized carbons (Fsp3) is 1.00. The van der Waals surface area contributed by atoms with E-state index >= 15 is 0 Å². The van der Waals surface area contributed by atoms with Crippen LogP contribution in [0.4, 0.5) is 0 Å². The van der Waals surface area contributed by atoms with Crippen LogP contribution in [0.15, 0.2) is 0 Å². The highest BCUT2D eigenvalue weighted by atomic mass is 32.2. The van der Waals surface area contributed by atoms with Crippen LogP contribution in [-0.4, -0.2) is 61.8 Å². The third kappa shape index (κ3) is 3.13. The highest BCUT2D eigenvalue weighted by Gasteiger charge is 2.17. The molecule has 0 bridgehead atoms. The molecule has 76 valence electrons. The van der Waals surface area contributed by atoms with Crippen molar-refractivity contribution in [2.24, 2.45) is 0 Å². The highest BCUT2D eigenvalue weighted by Crippen LogP contribution is 2.08. The average Bonchev–Trinajstić information content (AvgIpc) is 2.11. The van der Waals surface area contributed by atoms with Gasteiger partial charge < -0.3 is 10.1 Å². The quantitative estimate of drug-likeness (QED) is 0.695. The molecule has 2 heterocycles. The van der Waals surface area contributed by atoms with Crippen molar-refractivity contribution >= 4 is 11.8 Å². The standard InChI is InChI=1S/C9H18N2OS/c1(4-12-9-7-10-8-9)11-2-5-13-6-3-11/h9-10H,1-8H2. The number of ether oxygens (including phenoxy) is 1. The first-order chi connectivity index (χ1) is 6.45. The molecule has 0 atom stereocenters. The fourth-order valence-electron chi connectivity index (χ4n) is 1.55. The molecule has 0 aromatic heterocycles. The minimum atomic E-state index is 0.499. The van der Waals surface area contributed by atoms with Crippen LogP contribution in [0.3, 0.4) is 0 Å². The molecule has 2 aliphatic heterocycles. The Morgan fingerprint density at radius 3 is 2.69 bits per heavy atom. The summed E-state index contributed by atoms with van der Waals surface area (Å²) in [5.74, 6) is 2.59. The summed E-state index contributed by atoms with van der Waals surface area (Å²) in [4.78, 5) is 2.50. The summed E-state index contributed by atoms with van der Waals surface area (Å²) in [5.41, 5.74) is 0. The lowest BCUT2D eigenvalue weighted by Crippen LogP contribution is -2.49. The van der Waals surface area contributed by atoms with Gasteiger partial charge in [0.1, 0.15) is 0 Å². The van der Waals surface area contributed by atoms with Crippen LogP contribution >= 0.6 is 11.8 Å². The first-order valence-corrected chi connectivity index (χ1v) is 6.23. The molecule has 2 aliphatic rings. The zero-order valence-electron chi connectivity index (χ0n) is 8.00. The maximum absolute atomic E-state index is 5.67. The van der Waals surface area contributed by atoms with Gasteiger partial charge in [0, 0.05) is 44.2 Å². The molecule has 2 saturated heterocycles. The Balaban J connectivity index is 1.50. The third-order valence-corrected chi connectivity index (χ3v) is 3.55. The topological polar surface area (TPSA) is 24.5 Å². The van der Waals surface area contributed by atoms with Gasteiger partial charge in [0.15, 0.2) is 0 Å². The van der Waals surface area contributed by atoms with Gasteiger partial charge in [-0.1, -0.05) is 0 Å². The Bertz CT molecular complexity index is 147. The molecule has 13 heavy (non-hydrogen) atoms. The van der Waals surface area contributed by atoms with Gasteiger partial charge in [-0.3, -0.25) is 4.90 Å². The molecule has 0 aromatic rings. The first-order valence-electron chi connectivity index (χ1n) is 5.07. The number of nitrogens with zero attached hydrogens (tertiary/aromatic N) is 1. The van der Waals surface area contributed by atoms with Gasteiger partial charge in [-0.2, -0.15) is 11.8 Å². The Morgan fingerprint density at radius 2 is 2.08 bits per heavy atom. The van der Waals surface area contributed by atoms with Crippen LogP contribution in [0.5, 0.6) is 0 Å². The van der Waals surface area contributed by atoms with Crippen molar-refractivity contribution < 1.29 is 4.74 Å². The summed E-state index contributed by atoms with van der Waals surface area (Å²) < 4.78 is 5.67. The molecule has 0 spiro atoms. The third-order valence-electron chi connectivity index (χ3n) is 2.61. The maximum Gasteiger partial charge on any atom is 0.0824 e. The molecule has 1 N–H and O–H groups in total. The van der Waals surface area contributed by atoms with Gasteiger partial charge in [0.2, 0.25) is 0 Å². The van der Waals surface area contributed by atoms with Crippen molar-refractivity contribution in [3.63, 3.8) is 0 Å². The molecule has 0 aromatic carbocycles. The molecule has 0 radical (unpaired) electrons. The molecule has 0 saturated carbocycles. The Labute approximate surface area is 84.2 Å². The van der Waals surface area contributed by atoms with E-state index in [9.17, 15) is 0 Å². The molecule has 2 fully saturated rings. The molecule has 0 unspecified atom stereocenters. The van der Waals surface area contributed by atoms with E-state index in [0.717, 1.165) is 26.2 Å². The average molecular weight is 202 g/mol. The van der Waals surface area contributed by atoms with Crippen LogP contribution in [0, 0.1) is 0 Å². The summed E-state index contributed by atoms with van der Waals surface area (Å²) in [5, 5.41) is 3.21. The van der Waals surface area contributed by atoms with Gasteiger partial charge in [0.25, 0.3) is 0 Å². The number of nitrogens with one attached hydrogen (secondary N) is 1. The second-order valence-corrected chi connectivity index (χ2v) is 4.83. The maximum atomic E-state index is 5.67. The molecule has 0 amide bonds. The highest BCUT2D eigenvalue weighted by molar-refractivity contribution is 7.99. The van der Waals surface area contributed by atoms with Crippen molar-refractivity contribution in [3.05, 3.63) is 0 Å². The van der Waals surface area contributed by atoms with Gasteiger partial charge >= 0.3 is 0 Å². The van der Waals surface area contributed by atoms with Gasteiger partial charge in [-0.05, 0) is 0 Å². The summed E-state index contributed by atoms with van der Waals surface area (Å²) in [6.45, 7) is 6.63. The normalized spacial score (nSPS) is 25.8. The van der Waals surface area contributed by atoms with Crippen LogP contribution in [0.2, 0.25) is 0 Å². The molecular weight excluding hydrogens is 184 g/mol. The van der Waals surface area contributed by atoms with Crippen molar-refractivity contribution in [1.29, 1.82) is 0 Å². The second kappa shape index (κ2) is 5.20. The van der Waals surface area contributed by atoms with Crippen molar-refractivity contribution in [2.75, 3.05) is 50.8 Å². The van der Waals surface area contributed by atoms with E-state index in [2.05, 4.69) is 22.0 Å². The van der Waals surface area contributed by atoms with Crippen LogP contribution in [0.25, 0.3) is 0 Å². The summed E-state index contributed by atoms with van der Waals surface area (Å²) in [6, 6.07) is 0. The lowest BCUT2D eigenvalue weighted by atomic mass is 10.2. The SMILES string of the molecule is C(CN1CCSCC1)OC1CNC1. The molecule has 2 rings (SSSR count). The van der Waals surface area contributed by atoms with Crippen LogP contribution < -0.4 is 5.32 Å². The summed E-state index contributed by atoms with van der Waals surface area (Å²) >= 11 is 2.06. The van der Waals surface area contributed by atoms with Crippen molar-refractivity contribution in [2.45, 2.75) is 6.10 Å². The van der Waals surface area contributed by atoms with Crippen LogP contribution in [-0.2, 0) is 4.74 Å². The lowest BCUT2D eigenvalue weighted by molar-refractivity contribution is 0.00872. The van der Waals surface area contributed by atoms with E-state index in [4.69, 9.17) is 4.74 Å². The van der Waals surface area contributed by atoms with Crippen molar-refractivity contribution in [1.82, 2.24) is 10.2 Å². The summed E-state index contributed by atoms with van der Waals surface area (Å²) in [7, 11) is 0. The predicted octanol–water partition coefficient (Wildman–Crippen LogP) is 0.0236. The minimum absolute atomic E-state index is 0.499. The van der Waals surface area contributed by atoms with Gasteiger partial charge in [0.05, 0.1) is 12.7 Å². The predicted molar refractivity (Wildman–Crippen MR) is 56.4 cm³/mol. The zero-order valence-corrected chi connectivity index (χ0v) is 8.81. The number of hydrogen-bond acceptors (Lipinski definition) is 4. The Kier molecular flexibility index (Phi) is 3.91. The second-order valence-electron chi connectivity index (χ2n) is 3.61. The molecule has 4 heteroatoms.